The molecule has 1 rings (SSSR count). The molecule has 0 spiro atoms. The molecule has 1 unspecified atom stereocenters. The van der Waals surface area contributed by atoms with Crippen LogP contribution in [-0.2, 0) is 15.8 Å². The van der Waals surface area contributed by atoms with E-state index in [0.29, 0.717) is 22.9 Å². The quantitative estimate of drug-likeness (QED) is 0.557. The van der Waals surface area contributed by atoms with Crippen LogP contribution < -0.4 is 5.73 Å². The van der Waals surface area contributed by atoms with E-state index in [1.165, 1.54) is 7.11 Å². The number of rotatable bonds is 9. The first-order chi connectivity index (χ1) is 9.61. The van der Waals surface area contributed by atoms with E-state index in [9.17, 15) is 9.12 Å². The second kappa shape index (κ2) is 8.78. The average Bonchev–Trinajstić information content (AvgIpc) is 2.49. The third-order valence-corrected chi connectivity index (χ3v) is 4.35. The zero-order valence-corrected chi connectivity index (χ0v) is 12.8. The molecule has 6 nitrogen and oxygen atoms in total. The molecule has 0 aliphatic carbocycles. The van der Waals surface area contributed by atoms with Crippen molar-refractivity contribution < 1.29 is 14.0 Å². The fraction of sp³-hybridized carbons (Fsp3) is 0.538. The van der Waals surface area contributed by atoms with E-state index in [0.717, 1.165) is 19.3 Å². The lowest BCUT2D eigenvalue weighted by molar-refractivity contribution is -0.738. The topological polar surface area (TPSA) is 75.6 Å². The summed E-state index contributed by atoms with van der Waals surface area (Å²) >= 11 is 0. The molecule has 0 heterocycles. The van der Waals surface area contributed by atoms with Gasteiger partial charge in [-0.1, -0.05) is 18.6 Å². The molecule has 0 fully saturated rings. The summed E-state index contributed by atoms with van der Waals surface area (Å²) in [7, 11) is 1.67. The minimum atomic E-state index is -1.39. The van der Waals surface area contributed by atoms with Gasteiger partial charge in [-0.05, 0) is 25.5 Å². The fourth-order valence-corrected chi connectivity index (χ4v) is 2.91. The Balaban J connectivity index is 2.73. The third kappa shape index (κ3) is 4.66. The van der Waals surface area contributed by atoms with Crippen molar-refractivity contribution >= 4 is 16.7 Å². The Morgan fingerprint density at radius 2 is 2.00 bits per heavy atom. The Morgan fingerprint density at radius 1 is 1.30 bits per heavy atom. The van der Waals surface area contributed by atoms with Gasteiger partial charge in [0.1, 0.15) is 15.9 Å². The van der Waals surface area contributed by atoms with Gasteiger partial charge in [0.05, 0.1) is 4.91 Å². The molecule has 0 radical (unpaired) electrons. The van der Waals surface area contributed by atoms with Crippen molar-refractivity contribution in [1.29, 1.82) is 0 Å². The Morgan fingerprint density at radius 3 is 2.65 bits per heavy atom. The van der Waals surface area contributed by atoms with Gasteiger partial charge in [0.15, 0.2) is 7.11 Å². The van der Waals surface area contributed by atoms with Crippen LogP contribution in [0.3, 0.4) is 0 Å². The van der Waals surface area contributed by atoms with Crippen molar-refractivity contribution in [2.24, 2.45) is 5.73 Å². The summed E-state index contributed by atoms with van der Waals surface area (Å²) in [4.78, 5) is 17.0. The van der Waals surface area contributed by atoms with Gasteiger partial charge in [0, 0.05) is 19.7 Å². The number of hydrogen-bond donors (Lipinski definition) is 1. The molecule has 0 aliphatic rings. The highest BCUT2D eigenvalue weighted by Gasteiger charge is 2.25. The third-order valence-electron chi connectivity index (χ3n) is 2.88. The molecule has 0 bridgehead atoms. The van der Waals surface area contributed by atoms with Crippen LogP contribution in [0.2, 0.25) is 0 Å². The molecule has 0 aromatic heterocycles. The Kier molecular flexibility index (Phi) is 7.35. The predicted octanol–water partition coefficient (Wildman–Crippen LogP) is 1.74. The van der Waals surface area contributed by atoms with Gasteiger partial charge in [-0.15, -0.1) is 0 Å². The van der Waals surface area contributed by atoms with E-state index < -0.39 is 11.0 Å². The highest BCUT2D eigenvalue weighted by molar-refractivity contribution is 7.82. The highest BCUT2D eigenvalue weighted by atomic mass is 32.2. The van der Waals surface area contributed by atoms with Crippen molar-refractivity contribution in [1.82, 2.24) is 4.31 Å². The SMILES string of the molecule is CO[N+](=O)c1ccccc1S(=O)N(C)CCCCCN. The summed E-state index contributed by atoms with van der Waals surface area (Å²) in [6.45, 7) is 1.36. The van der Waals surface area contributed by atoms with Gasteiger partial charge in [0.2, 0.25) is 0 Å². The summed E-state index contributed by atoms with van der Waals surface area (Å²) in [6.07, 6.45) is 2.90. The van der Waals surface area contributed by atoms with Gasteiger partial charge in [-0.3, -0.25) is 0 Å². The van der Waals surface area contributed by atoms with Crippen molar-refractivity contribution in [3.63, 3.8) is 0 Å². The first-order valence-corrected chi connectivity index (χ1v) is 7.66. The zero-order valence-electron chi connectivity index (χ0n) is 11.9. The second-order valence-electron chi connectivity index (χ2n) is 4.36. The second-order valence-corrected chi connectivity index (χ2v) is 5.92. The molecular weight excluding hydrogens is 278 g/mol. The van der Waals surface area contributed by atoms with Gasteiger partial charge >= 0.3 is 5.69 Å². The lowest BCUT2D eigenvalue weighted by Gasteiger charge is -2.15. The molecule has 0 aliphatic heterocycles. The van der Waals surface area contributed by atoms with Gasteiger partial charge < -0.3 is 5.73 Å². The number of nitrogens with two attached hydrogens (primary N) is 1. The molecule has 1 aromatic rings. The van der Waals surface area contributed by atoms with Crippen molar-refractivity contribution in [3.05, 3.63) is 29.2 Å². The van der Waals surface area contributed by atoms with Crippen LogP contribution in [0.15, 0.2) is 29.2 Å². The molecular formula is C13H22N3O3S+. The van der Waals surface area contributed by atoms with Gasteiger partial charge in [0.25, 0.3) is 4.92 Å². The largest absolute Gasteiger partial charge is 0.334 e. The first-order valence-electron chi connectivity index (χ1n) is 6.55. The van der Waals surface area contributed by atoms with Gasteiger partial charge in [-0.25, -0.2) is 13.4 Å². The monoisotopic (exact) mass is 300 g/mol. The van der Waals surface area contributed by atoms with Crippen LogP contribution in [0.25, 0.3) is 0 Å². The van der Waals surface area contributed by atoms with Crippen molar-refractivity contribution in [2.45, 2.75) is 24.2 Å². The number of hydrogen-bond acceptors (Lipinski definition) is 4. The average molecular weight is 300 g/mol. The molecule has 2 N–H and O–H groups in total. The first kappa shape index (κ1) is 16.7. The number of benzene rings is 1. The molecule has 1 atom stereocenters. The molecule has 0 amide bonds. The maximum Gasteiger partial charge on any atom is 0.334 e. The summed E-state index contributed by atoms with van der Waals surface area (Å²) < 4.78 is 14.2. The molecule has 20 heavy (non-hydrogen) atoms. The Labute approximate surface area is 122 Å². The van der Waals surface area contributed by atoms with Crippen molar-refractivity contribution in [2.75, 3.05) is 27.2 Å². The molecule has 7 heteroatoms. The summed E-state index contributed by atoms with van der Waals surface area (Å²) in [5.41, 5.74) is 5.70. The highest BCUT2D eigenvalue weighted by Crippen LogP contribution is 2.23. The predicted molar refractivity (Wildman–Crippen MR) is 78.7 cm³/mol. The van der Waals surface area contributed by atoms with E-state index in [1.54, 1.807) is 35.6 Å². The lowest BCUT2D eigenvalue weighted by atomic mass is 10.2. The van der Waals surface area contributed by atoms with Crippen LogP contribution >= 0.6 is 0 Å². The van der Waals surface area contributed by atoms with E-state index in [1.807, 2.05) is 0 Å². The van der Waals surface area contributed by atoms with E-state index in [-0.39, 0.29) is 5.69 Å². The molecule has 112 valence electrons. The smallest absolute Gasteiger partial charge is 0.330 e. The maximum absolute atomic E-state index is 12.4. The number of nitrogens with zero attached hydrogens (tertiary/aromatic N) is 2. The number of unbranched alkanes of at least 4 members (excludes halogenated alkanes) is 2. The molecule has 0 saturated heterocycles. The fourth-order valence-electron chi connectivity index (χ4n) is 1.76. The van der Waals surface area contributed by atoms with Crippen LogP contribution in [0.4, 0.5) is 5.69 Å². The Hall–Kier alpha value is -1.31. The van der Waals surface area contributed by atoms with Crippen LogP contribution in [0.5, 0.6) is 0 Å². The maximum atomic E-state index is 12.4. The van der Waals surface area contributed by atoms with E-state index in [2.05, 4.69) is 4.84 Å². The number of para-hydroxylation sites is 1. The summed E-state index contributed by atoms with van der Waals surface area (Å²) in [6, 6.07) is 6.72. The standard InChI is InChI=1S/C13H22N3O3S/c1-15(11-7-3-6-10-14)20(18)13-9-5-4-8-12(13)16(17)19-2/h4-5,8-9H,3,6-7,10-11,14H2,1-2H3/q+1. The minimum Gasteiger partial charge on any atom is -0.330 e. The Bertz CT molecular complexity index is 468. The van der Waals surface area contributed by atoms with Crippen molar-refractivity contribution in [3.8, 4) is 0 Å². The summed E-state index contributed by atoms with van der Waals surface area (Å²) in [5, 5.41) is 0. The van der Waals surface area contributed by atoms with Crippen LogP contribution in [0, 0.1) is 4.91 Å². The van der Waals surface area contributed by atoms with E-state index >= 15 is 0 Å². The van der Waals surface area contributed by atoms with Gasteiger partial charge in [-0.2, -0.15) is 0 Å². The minimum absolute atomic E-state index is 0.266. The molecule has 1 aromatic carbocycles. The zero-order chi connectivity index (χ0) is 15.0. The van der Waals surface area contributed by atoms with Crippen LogP contribution in [-0.4, -0.2) is 40.7 Å². The van der Waals surface area contributed by atoms with Crippen LogP contribution in [0.1, 0.15) is 19.3 Å². The van der Waals surface area contributed by atoms with E-state index in [4.69, 9.17) is 5.73 Å². The summed E-state index contributed by atoms with van der Waals surface area (Å²) in [5.74, 6) is 0. The lowest BCUT2D eigenvalue weighted by Crippen LogP contribution is -2.23. The normalized spacial score (nSPS) is 12.4. The molecule has 0 saturated carbocycles.